The van der Waals surface area contributed by atoms with Crippen molar-refractivity contribution in [2.24, 2.45) is 0 Å². The van der Waals surface area contributed by atoms with Crippen LogP contribution in [0.25, 0.3) is 10.9 Å². The molecule has 5 N–H and O–H groups in total. The van der Waals surface area contributed by atoms with E-state index in [1.807, 2.05) is 0 Å². The molecule has 0 atom stereocenters. The van der Waals surface area contributed by atoms with E-state index in [1.165, 1.54) is 19.4 Å². The maximum atomic E-state index is 11.6. The number of H-pyrrole nitrogens is 1. The molecule has 0 bridgehead atoms. The maximum absolute atomic E-state index is 11.6. The Morgan fingerprint density at radius 3 is 2.85 bits per heavy atom. The Kier molecular flexibility index (Phi) is 3.91. The number of aromatic nitrogens is 2. The number of nitrogens with two attached hydrogens (primary N) is 1. The molecule has 0 radical (unpaired) electrons. The van der Waals surface area contributed by atoms with Gasteiger partial charge in [-0.25, -0.2) is 18.1 Å². The van der Waals surface area contributed by atoms with Gasteiger partial charge >= 0.3 is 0 Å². The average Bonchev–Trinajstić information content (AvgIpc) is 2.40. The Morgan fingerprint density at radius 2 is 2.15 bits per heavy atom. The summed E-state index contributed by atoms with van der Waals surface area (Å²) in [6, 6.07) is 3.13. The molecule has 2 rings (SSSR count). The zero-order chi connectivity index (χ0) is 14.8. The molecule has 0 aliphatic carbocycles. The minimum absolute atomic E-state index is 0.0796. The van der Waals surface area contributed by atoms with E-state index in [1.54, 1.807) is 6.07 Å². The molecule has 0 amide bonds. The quantitative estimate of drug-likeness (QED) is 0.549. The predicted molar refractivity (Wildman–Crippen MR) is 78.1 cm³/mol. The Balaban J connectivity index is 2.23. The number of sulfonamides is 1. The van der Waals surface area contributed by atoms with Crippen LogP contribution in [0.1, 0.15) is 0 Å². The lowest BCUT2D eigenvalue weighted by Crippen LogP contribution is -2.26. The standard InChI is InChI=1S/C11H15N5O3S/c1-13-20(18,19)3-2-14-10-5-9-7(4-8(10)12)11(17)16-6-15-9/h4-6,13-14H,2-3,12H2,1H3,(H,15,16,17). The highest BCUT2D eigenvalue weighted by Gasteiger charge is 2.08. The number of nitrogens with one attached hydrogen (secondary N) is 3. The molecule has 1 aromatic heterocycles. The maximum Gasteiger partial charge on any atom is 0.258 e. The Bertz CT molecular complexity index is 784. The molecular weight excluding hydrogens is 282 g/mol. The van der Waals surface area contributed by atoms with Crippen LogP contribution in [0.2, 0.25) is 0 Å². The first-order valence-electron chi connectivity index (χ1n) is 5.85. The van der Waals surface area contributed by atoms with Gasteiger partial charge in [0, 0.05) is 6.54 Å². The summed E-state index contributed by atoms with van der Waals surface area (Å²) in [6.07, 6.45) is 1.30. The third-order valence-corrected chi connectivity index (χ3v) is 4.17. The number of benzene rings is 1. The number of hydrogen-bond donors (Lipinski definition) is 4. The van der Waals surface area contributed by atoms with Gasteiger partial charge in [0.15, 0.2) is 0 Å². The first kappa shape index (κ1) is 14.3. The zero-order valence-electron chi connectivity index (χ0n) is 10.8. The summed E-state index contributed by atoms with van der Waals surface area (Å²) in [6.45, 7) is 0.196. The van der Waals surface area contributed by atoms with E-state index in [9.17, 15) is 13.2 Å². The molecule has 108 valence electrons. The summed E-state index contributed by atoms with van der Waals surface area (Å²) in [4.78, 5) is 18.1. The molecule has 0 saturated heterocycles. The monoisotopic (exact) mass is 297 g/mol. The molecular formula is C11H15N5O3S. The number of nitrogens with zero attached hydrogens (tertiary/aromatic N) is 1. The lowest BCUT2D eigenvalue weighted by Gasteiger charge is -2.10. The molecule has 0 fully saturated rings. The number of aromatic amines is 1. The van der Waals surface area contributed by atoms with Crippen molar-refractivity contribution < 1.29 is 8.42 Å². The highest BCUT2D eigenvalue weighted by molar-refractivity contribution is 7.89. The third kappa shape index (κ3) is 3.06. The second-order valence-corrected chi connectivity index (χ2v) is 6.18. The van der Waals surface area contributed by atoms with E-state index in [2.05, 4.69) is 20.0 Å². The van der Waals surface area contributed by atoms with Crippen LogP contribution >= 0.6 is 0 Å². The largest absolute Gasteiger partial charge is 0.397 e. The summed E-state index contributed by atoms with van der Waals surface area (Å²) >= 11 is 0. The fourth-order valence-corrected chi connectivity index (χ4v) is 2.28. The van der Waals surface area contributed by atoms with Gasteiger partial charge in [-0.3, -0.25) is 4.79 Å². The SMILES string of the molecule is CNS(=O)(=O)CCNc1cc2nc[nH]c(=O)c2cc1N. The Hall–Kier alpha value is -2.13. The number of anilines is 2. The molecule has 2 aromatic rings. The molecule has 9 heteroatoms. The van der Waals surface area contributed by atoms with Gasteiger partial charge in [-0.05, 0) is 19.2 Å². The highest BCUT2D eigenvalue weighted by Crippen LogP contribution is 2.22. The van der Waals surface area contributed by atoms with Gasteiger partial charge in [0.1, 0.15) is 0 Å². The first-order valence-corrected chi connectivity index (χ1v) is 7.50. The van der Waals surface area contributed by atoms with Crippen LogP contribution in [-0.2, 0) is 10.0 Å². The molecule has 1 heterocycles. The molecule has 0 aliphatic rings. The van der Waals surface area contributed by atoms with E-state index in [0.29, 0.717) is 22.3 Å². The van der Waals surface area contributed by atoms with Crippen LogP contribution in [0.5, 0.6) is 0 Å². The van der Waals surface area contributed by atoms with Gasteiger partial charge in [0.2, 0.25) is 10.0 Å². The summed E-state index contributed by atoms with van der Waals surface area (Å²) in [5.74, 6) is -0.0796. The van der Waals surface area contributed by atoms with Crippen molar-refractivity contribution >= 4 is 32.3 Å². The smallest absolute Gasteiger partial charge is 0.258 e. The Labute approximate surface area is 115 Å². The summed E-state index contributed by atoms with van der Waals surface area (Å²) < 4.78 is 24.8. The van der Waals surface area contributed by atoms with E-state index < -0.39 is 10.0 Å². The van der Waals surface area contributed by atoms with Gasteiger partial charge in [-0.2, -0.15) is 0 Å². The van der Waals surface area contributed by atoms with Crippen LogP contribution in [-0.4, -0.2) is 37.7 Å². The van der Waals surface area contributed by atoms with E-state index in [4.69, 9.17) is 5.73 Å². The number of nitrogen functional groups attached to an aromatic ring is 1. The summed E-state index contributed by atoms with van der Waals surface area (Å²) in [5, 5.41) is 3.31. The number of rotatable bonds is 5. The molecule has 0 spiro atoms. The average molecular weight is 297 g/mol. The minimum atomic E-state index is -3.28. The topological polar surface area (TPSA) is 130 Å². The van der Waals surface area contributed by atoms with Gasteiger partial charge in [0.05, 0.1) is 34.4 Å². The van der Waals surface area contributed by atoms with Crippen LogP contribution in [0, 0.1) is 0 Å². The van der Waals surface area contributed by atoms with Crippen LogP contribution in [0.4, 0.5) is 11.4 Å². The lowest BCUT2D eigenvalue weighted by molar-refractivity contribution is 0.588. The van der Waals surface area contributed by atoms with Gasteiger partial charge < -0.3 is 16.0 Å². The molecule has 0 aliphatic heterocycles. The van der Waals surface area contributed by atoms with Crippen LogP contribution in [0.3, 0.4) is 0 Å². The van der Waals surface area contributed by atoms with Crippen molar-refractivity contribution in [3.63, 3.8) is 0 Å². The highest BCUT2D eigenvalue weighted by atomic mass is 32.2. The van der Waals surface area contributed by atoms with Gasteiger partial charge in [-0.1, -0.05) is 0 Å². The molecule has 8 nitrogen and oxygen atoms in total. The van der Waals surface area contributed by atoms with Crippen LogP contribution in [0.15, 0.2) is 23.3 Å². The third-order valence-electron chi connectivity index (χ3n) is 2.81. The number of hydrogen-bond acceptors (Lipinski definition) is 6. The minimum Gasteiger partial charge on any atom is -0.397 e. The predicted octanol–water partition coefficient (Wildman–Crippen LogP) is -0.534. The molecule has 1 aromatic carbocycles. The lowest BCUT2D eigenvalue weighted by atomic mass is 10.2. The van der Waals surface area contributed by atoms with Crippen molar-refractivity contribution in [1.29, 1.82) is 0 Å². The van der Waals surface area contributed by atoms with Crippen molar-refractivity contribution in [3.05, 3.63) is 28.8 Å². The first-order chi connectivity index (χ1) is 9.43. The normalized spacial score (nSPS) is 11.7. The van der Waals surface area contributed by atoms with Gasteiger partial charge in [0.25, 0.3) is 5.56 Å². The molecule has 20 heavy (non-hydrogen) atoms. The summed E-state index contributed by atoms with van der Waals surface area (Å²) in [7, 11) is -1.92. The van der Waals surface area contributed by atoms with Crippen LogP contribution < -0.4 is 21.3 Å². The molecule has 0 unspecified atom stereocenters. The van der Waals surface area contributed by atoms with Crippen molar-refractivity contribution in [1.82, 2.24) is 14.7 Å². The van der Waals surface area contributed by atoms with Gasteiger partial charge in [-0.15, -0.1) is 0 Å². The fourth-order valence-electron chi connectivity index (χ4n) is 1.71. The van der Waals surface area contributed by atoms with Crippen molar-refractivity contribution in [2.75, 3.05) is 30.4 Å². The zero-order valence-corrected chi connectivity index (χ0v) is 11.6. The fraction of sp³-hybridized carbons (Fsp3) is 0.273. The molecule has 0 saturated carbocycles. The second-order valence-electron chi connectivity index (χ2n) is 4.14. The van der Waals surface area contributed by atoms with E-state index >= 15 is 0 Å². The summed E-state index contributed by atoms with van der Waals surface area (Å²) in [5.41, 5.74) is 6.95. The number of fused-ring (bicyclic) bond motifs is 1. The van der Waals surface area contributed by atoms with Crippen molar-refractivity contribution in [3.8, 4) is 0 Å². The van der Waals surface area contributed by atoms with E-state index in [-0.39, 0.29) is 17.9 Å². The Morgan fingerprint density at radius 1 is 1.40 bits per heavy atom. The second kappa shape index (κ2) is 5.47. The van der Waals surface area contributed by atoms with E-state index in [0.717, 1.165) is 0 Å². The van der Waals surface area contributed by atoms with Crippen molar-refractivity contribution in [2.45, 2.75) is 0 Å².